The normalized spacial score (nSPS) is 12.0. The lowest BCUT2D eigenvalue weighted by Crippen LogP contribution is -2.25. The zero-order valence-electron chi connectivity index (χ0n) is 24.7. The summed E-state index contributed by atoms with van der Waals surface area (Å²) in [6.07, 6.45) is 2.18. The van der Waals surface area contributed by atoms with Gasteiger partial charge in [0, 0.05) is 32.2 Å². The minimum atomic E-state index is -3.24. The maximum Gasteiger partial charge on any atom is 0.171 e. The van der Waals surface area contributed by atoms with Crippen LogP contribution in [0.1, 0.15) is 0 Å². The summed E-state index contributed by atoms with van der Waals surface area (Å²) in [6.45, 7) is 0. The quantitative estimate of drug-likeness (QED) is 0.178. The fraction of sp³-hybridized carbons (Fsp3) is 0. The van der Waals surface area contributed by atoms with E-state index in [4.69, 9.17) is 4.98 Å². The fourth-order valence-corrected chi connectivity index (χ4v) is 10.5. The Bertz CT molecular complexity index is 2570. The van der Waals surface area contributed by atoms with Crippen molar-refractivity contribution in [3.8, 4) is 22.3 Å². The van der Waals surface area contributed by atoms with E-state index in [2.05, 4.69) is 108 Å². The number of nitrogens with zero attached hydrogens (tertiary/aromatic N) is 2. The molecular weight excluding hydrogens is 600 g/mol. The van der Waals surface area contributed by atoms with Crippen LogP contribution in [0.3, 0.4) is 0 Å². The third kappa shape index (κ3) is 4.26. The zero-order valence-corrected chi connectivity index (χ0v) is 26.5. The molecule has 0 N–H and O–H groups in total. The zero-order chi connectivity index (χ0) is 30.7. The highest BCUT2D eigenvalue weighted by Gasteiger charge is 2.30. The topological polar surface area (TPSA) is 34.4 Å². The van der Waals surface area contributed by atoms with Gasteiger partial charge in [-0.25, -0.2) is 4.98 Å². The molecule has 0 radical (unpaired) electrons. The molecule has 3 nitrogen and oxygen atoms in total. The number of benzene rings is 6. The molecule has 0 bridgehead atoms. The number of fused-ring (bicyclic) bond motifs is 6. The van der Waals surface area contributed by atoms with Gasteiger partial charge in [0.25, 0.3) is 0 Å². The van der Waals surface area contributed by atoms with Crippen molar-refractivity contribution < 1.29 is 4.57 Å². The van der Waals surface area contributed by atoms with Crippen LogP contribution in [0.5, 0.6) is 0 Å². The molecule has 3 aromatic heterocycles. The van der Waals surface area contributed by atoms with Crippen molar-refractivity contribution in [2.24, 2.45) is 0 Å². The Kier molecular flexibility index (Phi) is 6.28. The van der Waals surface area contributed by atoms with Crippen molar-refractivity contribution in [1.29, 1.82) is 0 Å². The summed E-state index contributed by atoms with van der Waals surface area (Å²) in [6, 6.07) is 53.9. The lowest BCUT2D eigenvalue weighted by Gasteiger charge is -2.22. The van der Waals surface area contributed by atoms with Crippen LogP contribution in [-0.2, 0) is 4.57 Å². The van der Waals surface area contributed by atoms with E-state index < -0.39 is 7.14 Å². The summed E-state index contributed by atoms with van der Waals surface area (Å²) < 4.78 is 19.1. The van der Waals surface area contributed by atoms with Gasteiger partial charge in [-0.3, -0.25) is 4.40 Å². The smallest absolute Gasteiger partial charge is 0.171 e. The minimum Gasteiger partial charge on any atom is -0.309 e. The van der Waals surface area contributed by atoms with E-state index in [1.807, 2.05) is 60.7 Å². The van der Waals surface area contributed by atoms with Gasteiger partial charge in [-0.05, 0) is 69.4 Å². The van der Waals surface area contributed by atoms with Crippen LogP contribution in [0.15, 0.2) is 164 Å². The van der Waals surface area contributed by atoms with Gasteiger partial charge in [-0.15, -0.1) is 11.3 Å². The minimum absolute atomic E-state index is 0.808. The molecule has 46 heavy (non-hydrogen) atoms. The Labute approximate surface area is 270 Å². The van der Waals surface area contributed by atoms with Gasteiger partial charge in [-0.2, -0.15) is 0 Å². The first-order valence-electron chi connectivity index (χ1n) is 15.3. The number of pyridine rings is 1. The van der Waals surface area contributed by atoms with Crippen LogP contribution in [-0.4, -0.2) is 9.38 Å². The summed E-state index contributed by atoms with van der Waals surface area (Å²) in [5.74, 6) is 0. The molecule has 0 aliphatic heterocycles. The molecule has 0 unspecified atom stereocenters. The fourth-order valence-electron chi connectivity index (χ4n) is 6.64. The van der Waals surface area contributed by atoms with Crippen LogP contribution in [0.2, 0.25) is 0 Å². The number of aromatic nitrogens is 2. The van der Waals surface area contributed by atoms with Gasteiger partial charge >= 0.3 is 0 Å². The molecule has 0 saturated heterocycles. The highest BCUT2D eigenvalue weighted by Crippen LogP contribution is 2.45. The third-order valence-electron chi connectivity index (χ3n) is 8.88. The second-order valence-electron chi connectivity index (χ2n) is 11.6. The highest BCUT2D eigenvalue weighted by atomic mass is 32.1. The third-order valence-corrected chi connectivity index (χ3v) is 13.1. The largest absolute Gasteiger partial charge is 0.309 e. The Morgan fingerprint density at radius 2 is 1.20 bits per heavy atom. The summed E-state index contributed by atoms with van der Waals surface area (Å²) in [5, 5.41) is 5.97. The monoisotopic (exact) mass is 626 g/mol. The van der Waals surface area contributed by atoms with E-state index in [1.165, 1.54) is 20.9 Å². The SMILES string of the molecule is O=P(c1ccccc1)(c1ccccc1)c1cc(-c2ccc3nc4c5ccccc5sc4n3c2)cc(-c2cccc3ccccc23)c1. The lowest BCUT2D eigenvalue weighted by molar-refractivity contribution is 0.592. The summed E-state index contributed by atoms with van der Waals surface area (Å²) in [4.78, 5) is 6.13. The van der Waals surface area contributed by atoms with Crippen molar-refractivity contribution in [3.63, 3.8) is 0 Å². The predicted molar refractivity (Wildman–Crippen MR) is 196 cm³/mol. The van der Waals surface area contributed by atoms with Crippen LogP contribution in [0.25, 0.3) is 59.1 Å². The van der Waals surface area contributed by atoms with E-state index in [0.717, 1.165) is 54.2 Å². The maximum atomic E-state index is 15.7. The lowest BCUT2D eigenvalue weighted by atomic mass is 9.95. The maximum absolute atomic E-state index is 15.7. The number of rotatable bonds is 5. The summed E-state index contributed by atoms with van der Waals surface area (Å²) >= 11 is 1.76. The number of hydrogen-bond donors (Lipinski definition) is 0. The summed E-state index contributed by atoms with van der Waals surface area (Å²) in [5.41, 5.74) is 6.15. The van der Waals surface area contributed by atoms with Crippen molar-refractivity contribution in [2.75, 3.05) is 0 Å². The molecule has 0 aliphatic carbocycles. The summed E-state index contributed by atoms with van der Waals surface area (Å²) in [7, 11) is -3.24. The number of imidazole rings is 1. The van der Waals surface area contributed by atoms with Crippen LogP contribution >= 0.6 is 18.5 Å². The van der Waals surface area contributed by atoms with Gasteiger partial charge in [-0.1, -0.05) is 121 Å². The second kappa shape index (κ2) is 10.7. The molecule has 3 heterocycles. The molecule has 0 amide bonds. The van der Waals surface area contributed by atoms with Crippen LogP contribution in [0.4, 0.5) is 0 Å². The van der Waals surface area contributed by atoms with E-state index >= 15 is 4.57 Å². The van der Waals surface area contributed by atoms with E-state index in [-0.39, 0.29) is 0 Å². The molecule has 218 valence electrons. The van der Waals surface area contributed by atoms with Crippen LogP contribution in [0, 0.1) is 0 Å². The molecule has 0 fully saturated rings. The molecule has 5 heteroatoms. The Morgan fingerprint density at radius 1 is 0.543 bits per heavy atom. The molecule has 6 aromatic carbocycles. The highest BCUT2D eigenvalue weighted by molar-refractivity contribution is 7.85. The van der Waals surface area contributed by atoms with E-state index in [9.17, 15) is 0 Å². The first kappa shape index (κ1) is 27.1. The number of hydrogen-bond acceptors (Lipinski definition) is 3. The number of thiophene rings is 1. The molecular formula is C41H27N2OPS. The van der Waals surface area contributed by atoms with Gasteiger partial charge in [0.1, 0.15) is 16.0 Å². The first-order valence-corrected chi connectivity index (χ1v) is 17.8. The van der Waals surface area contributed by atoms with Gasteiger partial charge in [0.2, 0.25) is 0 Å². The Balaban J connectivity index is 1.33. The average Bonchev–Trinajstić information content (AvgIpc) is 3.67. The Hall–Kier alpha value is -5.28. The first-order chi connectivity index (χ1) is 22.7. The molecule has 0 atom stereocenters. The molecule has 9 aromatic rings. The van der Waals surface area contributed by atoms with Crippen molar-refractivity contribution in [1.82, 2.24) is 9.38 Å². The van der Waals surface area contributed by atoms with Crippen molar-refractivity contribution in [2.45, 2.75) is 0 Å². The van der Waals surface area contributed by atoms with Crippen molar-refractivity contribution >= 4 is 71.2 Å². The van der Waals surface area contributed by atoms with Gasteiger partial charge in [0.05, 0.1) is 0 Å². The standard InChI is InChI=1S/C41H27N2OPS/c44-45(32-14-3-1-4-15-32,33-16-5-2-6-17-33)34-25-30(24-31(26-34)36-20-11-13-28-12-7-8-18-35(28)36)29-22-23-39-42-40-37-19-9-10-21-38(37)46-41(40)43(39)27-29/h1-27H. The van der Waals surface area contributed by atoms with Crippen LogP contribution < -0.4 is 15.9 Å². The van der Waals surface area contributed by atoms with E-state index in [0.29, 0.717) is 0 Å². The Morgan fingerprint density at radius 3 is 1.98 bits per heavy atom. The van der Waals surface area contributed by atoms with Gasteiger partial charge < -0.3 is 4.57 Å². The predicted octanol–water partition coefficient (Wildman–Crippen LogP) is 9.83. The van der Waals surface area contributed by atoms with Gasteiger partial charge in [0.15, 0.2) is 7.14 Å². The van der Waals surface area contributed by atoms with E-state index in [1.54, 1.807) is 11.3 Å². The molecule has 9 rings (SSSR count). The molecule has 0 saturated carbocycles. The average molecular weight is 627 g/mol. The second-order valence-corrected chi connectivity index (χ2v) is 15.4. The molecule has 0 aliphatic rings. The molecule has 0 spiro atoms. The van der Waals surface area contributed by atoms with Crippen molar-refractivity contribution in [3.05, 3.63) is 164 Å².